The molecule has 0 saturated heterocycles. The largest absolute Gasteiger partial charge is 0.508 e. The van der Waals surface area contributed by atoms with Crippen LogP contribution in [-0.4, -0.2) is 18.2 Å². The van der Waals surface area contributed by atoms with Gasteiger partial charge in [0, 0.05) is 11.5 Å². The van der Waals surface area contributed by atoms with E-state index < -0.39 is 5.97 Å². The van der Waals surface area contributed by atoms with Gasteiger partial charge >= 0.3 is 5.97 Å². The van der Waals surface area contributed by atoms with Crippen LogP contribution in [0.3, 0.4) is 0 Å². The van der Waals surface area contributed by atoms with E-state index in [1.165, 1.54) is 12.7 Å². The molecule has 0 radical (unpaired) electrons. The van der Waals surface area contributed by atoms with Gasteiger partial charge in [0.15, 0.2) is 0 Å². The maximum Gasteiger partial charge on any atom is 0.340 e. The number of nitrogens with two attached hydrogens (primary N) is 1. The van der Waals surface area contributed by atoms with Crippen molar-refractivity contribution in [2.45, 2.75) is 65.2 Å². The van der Waals surface area contributed by atoms with E-state index in [0.717, 1.165) is 43.2 Å². The number of ether oxygens (including phenoxy) is 1. The molecule has 0 aliphatic heterocycles. The van der Waals surface area contributed by atoms with Crippen LogP contribution in [0.2, 0.25) is 0 Å². The van der Waals surface area contributed by atoms with E-state index in [0.29, 0.717) is 23.2 Å². The van der Waals surface area contributed by atoms with E-state index >= 15 is 0 Å². The third-order valence-electron chi connectivity index (χ3n) is 5.62. The summed E-state index contributed by atoms with van der Waals surface area (Å²) in [5.41, 5.74) is 10.9. The number of aromatic hydroxyl groups is 1. The normalized spacial score (nSPS) is 19.5. The van der Waals surface area contributed by atoms with Crippen LogP contribution < -0.4 is 5.73 Å². The highest BCUT2D eigenvalue weighted by Gasteiger charge is 2.32. The number of carbonyl (C=O) groups excluding carboxylic acids is 1. The lowest BCUT2D eigenvalue weighted by Gasteiger charge is -2.32. The van der Waals surface area contributed by atoms with Crippen LogP contribution in [0.15, 0.2) is 29.9 Å². The van der Waals surface area contributed by atoms with Crippen LogP contribution in [-0.2, 0) is 11.2 Å². The lowest BCUT2D eigenvalue weighted by atomic mass is 9.73. The minimum absolute atomic E-state index is 0.0793. The quantitative estimate of drug-likeness (QED) is 0.287. The average Bonchev–Trinajstić information content (AvgIpc) is 2.61. The van der Waals surface area contributed by atoms with Crippen molar-refractivity contribution in [1.29, 1.82) is 0 Å². The highest BCUT2D eigenvalue weighted by molar-refractivity contribution is 5.98. The van der Waals surface area contributed by atoms with Gasteiger partial charge in [0.05, 0.1) is 18.4 Å². The number of rotatable bonds is 7. The van der Waals surface area contributed by atoms with Gasteiger partial charge in [0.25, 0.3) is 0 Å². The van der Waals surface area contributed by atoms with E-state index in [4.69, 9.17) is 10.5 Å². The molecular weight excluding hydrogens is 338 g/mol. The number of phenols is 1. The maximum atomic E-state index is 12.5. The van der Waals surface area contributed by atoms with Crippen molar-refractivity contribution < 1.29 is 14.6 Å². The van der Waals surface area contributed by atoms with Crippen LogP contribution >= 0.6 is 0 Å². The molecule has 0 fully saturated rings. The molecule has 3 N–H and O–H groups in total. The van der Waals surface area contributed by atoms with Gasteiger partial charge < -0.3 is 15.6 Å². The van der Waals surface area contributed by atoms with E-state index in [1.807, 2.05) is 6.92 Å². The monoisotopic (exact) mass is 371 g/mol. The molecule has 27 heavy (non-hydrogen) atoms. The fourth-order valence-electron chi connectivity index (χ4n) is 4.12. The molecule has 0 amide bonds. The molecule has 0 spiro atoms. The number of unbranched alkanes of at least 4 members (excludes halogenated alkanes) is 2. The van der Waals surface area contributed by atoms with Crippen molar-refractivity contribution in [3.8, 4) is 5.75 Å². The summed E-state index contributed by atoms with van der Waals surface area (Å²) in [6.45, 7) is 10.4. The molecular formula is C23H33NO3. The number of carbonyl (C=O) groups is 1. The molecule has 4 nitrogen and oxygen atoms in total. The molecule has 2 atom stereocenters. The summed E-state index contributed by atoms with van der Waals surface area (Å²) in [5.74, 6) is -0.167. The number of benzene rings is 1. The van der Waals surface area contributed by atoms with Crippen molar-refractivity contribution in [2.24, 2.45) is 5.92 Å². The molecule has 1 aliphatic carbocycles. The number of allylic oxidation sites excluding steroid dienone is 3. The summed E-state index contributed by atoms with van der Waals surface area (Å²) in [6.07, 6.45) is 7.91. The van der Waals surface area contributed by atoms with Crippen LogP contribution in [0.1, 0.15) is 80.3 Å². The third-order valence-corrected chi connectivity index (χ3v) is 5.62. The van der Waals surface area contributed by atoms with E-state index in [9.17, 15) is 9.90 Å². The van der Waals surface area contributed by atoms with Gasteiger partial charge in [-0.1, -0.05) is 43.6 Å². The van der Waals surface area contributed by atoms with Crippen LogP contribution in [0, 0.1) is 5.92 Å². The van der Waals surface area contributed by atoms with Gasteiger partial charge in [-0.15, -0.1) is 0 Å². The van der Waals surface area contributed by atoms with Crippen molar-refractivity contribution >= 4 is 11.7 Å². The molecule has 1 unspecified atom stereocenters. The van der Waals surface area contributed by atoms with Crippen LogP contribution in [0.5, 0.6) is 5.75 Å². The smallest absolute Gasteiger partial charge is 0.340 e. The van der Waals surface area contributed by atoms with Gasteiger partial charge in [-0.3, -0.25) is 0 Å². The summed E-state index contributed by atoms with van der Waals surface area (Å²) < 4.78 is 5.01. The first-order valence-corrected chi connectivity index (χ1v) is 9.86. The predicted molar refractivity (Wildman–Crippen MR) is 111 cm³/mol. The number of methoxy groups -OCH3 is 1. The summed E-state index contributed by atoms with van der Waals surface area (Å²) in [7, 11) is 1.37. The molecule has 0 saturated carbocycles. The zero-order chi connectivity index (χ0) is 20.1. The highest BCUT2D eigenvalue weighted by atomic mass is 16.5. The van der Waals surface area contributed by atoms with Crippen molar-refractivity contribution in [2.75, 3.05) is 12.8 Å². The molecule has 1 aromatic rings. The number of hydrogen-bond donors (Lipinski definition) is 2. The van der Waals surface area contributed by atoms with Crippen molar-refractivity contribution in [1.82, 2.24) is 0 Å². The SMILES string of the molecule is C=C(C)[C@H]1CCC(C)=CC1c1c(O)cc(CCCCC)c(C(=O)OC)c1N. The molecule has 2 rings (SSSR count). The Morgan fingerprint density at radius 2 is 2.11 bits per heavy atom. The fourth-order valence-corrected chi connectivity index (χ4v) is 4.12. The van der Waals surface area contributed by atoms with Gasteiger partial charge in [-0.25, -0.2) is 4.79 Å². The van der Waals surface area contributed by atoms with Gasteiger partial charge in [0.1, 0.15) is 5.75 Å². The number of phenolic OH excluding ortho intramolecular Hbond substituents is 1. The Bertz CT molecular complexity index is 748. The predicted octanol–water partition coefficient (Wildman–Crippen LogP) is 5.51. The number of anilines is 1. The van der Waals surface area contributed by atoms with Crippen LogP contribution in [0.25, 0.3) is 0 Å². The molecule has 0 bridgehead atoms. The first-order valence-electron chi connectivity index (χ1n) is 9.86. The minimum Gasteiger partial charge on any atom is -0.508 e. The standard InChI is InChI=1S/C23H33NO3/c1-6-7-8-9-16-13-19(25)21(22(24)20(16)23(26)27-5)18-12-15(4)10-11-17(18)14(2)3/h12-13,17-18,25H,2,6-11,24H2,1,3-5H3/t17-,18?/m1/s1. The van der Waals surface area contributed by atoms with Gasteiger partial charge in [-0.05, 0) is 57.1 Å². The number of nitrogen functional groups attached to an aromatic ring is 1. The third kappa shape index (κ3) is 4.55. The summed E-state index contributed by atoms with van der Waals surface area (Å²) in [4.78, 5) is 12.5. The van der Waals surface area contributed by atoms with E-state index in [2.05, 4.69) is 26.5 Å². The highest BCUT2D eigenvalue weighted by Crippen LogP contribution is 2.46. The van der Waals surface area contributed by atoms with Gasteiger partial charge in [-0.2, -0.15) is 0 Å². The zero-order valence-corrected chi connectivity index (χ0v) is 17.1. The second kappa shape index (κ2) is 9.12. The first-order chi connectivity index (χ1) is 12.8. The van der Waals surface area contributed by atoms with E-state index in [1.54, 1.807) is 6.07 Å². The molecule has 1 aromatic carbocycles. The number of aryl methyl sites for hydroxylation is 1. The minimum atomic E-state index is -0.441. The Hall–Kier alpha value is -2.23. The molecule has 148 valence electrons. The summed E-state index contributed by atoms with van der Waals surface area (Å²) in [6, 6.07) is 1.71. The van der Waals surface area contributed by atoms with Crippen molar-refractivity contribution in [3.05, 3.63) is 46.6 Å². The van der Waals surface area contributed by atoms with Gasteiger partial charge in [0.2, 0.25) is 0 Å². The topological polar surface area (TPSA) is 72.5 Å². The van der Waals surface area contributed by atoms with E-state index in [-0.39, 0.29) is 17.6 Å². The fraction of sp³-hybridized carbons (Fsp3) is 0.522. The Labute approximate surface area is 163 Å². The maximum absolute atomic E-state index is 12.5. The summed E-state index contributed by atoms with van der Waals surface area (Å²) >= 11 is 0. The Morgan fingerprint density at radius 3 is 2.70 bits per heavy atom. The molecule has 0 heterocycles. The molecule has 1 aliphatic rings. The number of esters is 1. The zero-order valence-electron chi connectivity index (χ0n) is 17.1. The second-order valence-electron chi connectivity index (χ2n) is 7.74. The average molecular weight is 372 g/mol. The molecule has 0 aromatic heterocycles. The van der Waals surface area contributed by atoms with Crippen LogP contribution in [0.4, 0.5) is 5.69 Å². The lowest BCUT2D eigenvalue weighted by Crippen LogP contribution is -2.20. The summed E-state index contributed by atoms with van der Waals surface area (Å²) in [5, 5.41) is 10.9. The Kier molecular flexibility index (Phi) is 7.11. The Balaban J connectivity index is 2.61. The molecule has 4 heteroatoms. The van der Waals surface area contributed by atoms with Crippen molar-refractivity contribution in [3.63, 3.8) is 0 Å². The lowest BCUT2D eigenvalue weighted by molar-refractivity contribution is 0.0600. The second-order valence-corrected chi connectivity index (χ2v) is 7.74. The number of hydrogen-bond acceptors (Lipinski definition) is 4. The first kappa shape index (κ1) is 21.1. The Morgan fingerprint density at radius 1 is 1.41 bits per heavy atom.